The fourth-order valence-electron chi connectivity index (χ4n) is 3.13. The van der Waals surface area contributed by atoms with Crippen molar-refractivity contribution in [2.75, 3.05) is 0 Å². The van der Waals surface area contributed by atoms with Gasteiger partial charge in [-0.05, 0) is 43.7 Å². The Labute approximate surface area is 202 Å². The average molecular weight is 475 g/mol. The standard InChI is InChI=1S/C27H25NO7/c1-17-8-12-20(13-9-17)26(32)34-22(24(29)28-16-19-6-4-3-5-7-19)23(25(30)31)35-27(33)21-14-10-18(2)11-15-21/h3-15,22-23H,16H2,1-2H3,(H,28,29)(H,30,31)/t22-,23+/m1/s1. The molecule has 0 saturated carbocycles. The second-order valence-corrected chi connectivity index (χ2v) is 7.93. The molecule has 3 aromatic rings. The van der Waals surface area contributed by atoms with E-state index in [0.717, 1.165) is 16.7 Å². The molecule has 0 saturated heterocycles. The first-order valence-electron chi connectivity index (χ1n) is 10.8. The number of amides is 1. The lowest BCUT2D eigenvalue weighted by Crippen LogP contribution is -2.50. The van der Waals surface area contributed by atoms with Crippen molar-refractivity contribution in [1.82, 2.24) is 5.32 Å². The zero-order valence-corrected chi connectivity index (χ0v) is 19.3. The van der Waals surface area contributed by atoms with E-state index in [0.29, 0.717) is 0 Å². The van der Waals surface area contributed by atoms with Gasteiger partial charge in [-0.2, -0.15) is 0 Å². The van der Waals surface area contributed by atoms with Crippen LogP contribution in [0.4, 0.5) is 0 Å². The largest absolute Gasteiger partial charge is 0.478 e. The molecule has 0 fully saturated rings. The van der Waals surface area contributed by atoms with Gasteiger partial charge in [0.2, 0.25) is 12.2 Å². The van der Waals surface area contributed by atoms with Gasteiger partial charge in [-0.25, -0.2) is 14.4 Å². The Kier molecular flexibility index (Phi) is 8.34. The maximum atomic E-state index is 13.0. The maximum Gasteiger partial charge on any atom is 0.349 e. The molecule has 0 spiro atoms. The van der Waals surface area contributed by atoms with E-state index >= 15 is 0 Å². The summed E-state index contributed by atoms with van der Waals surface area (Å²) in [5, 5.41) is 12.3. The molecule has 0 aliphatic carbocycles. The van der Waals surface area contributed by atoms with Crippen LogP contribution >= 0.6 is 0 Å². The zero-order valence-electron chi connectivity index (χ0n) is 19.3. The van der Waals surface area contributed by atoms with Gasteiger partial charge in [0.1, 0.15) is 0 Å². The molecule has 0 heterocycles. The first-order valence-corrected chi connectivity index (χ1v) is 10.8. The van der Waals surface area contributed by atoms with Crippen LogP contribution in [0.2, 0.25) is 0 Å². The van der Waals surface area contributed by atoms with Gasteiger partial charge in [0, 0.05) is 6.54 Å². The summed E-state index contributed by atoms with van der Waals surface area (Å²) < 4.78 is 10.4. The molecule has 0 aliphatic heterocycles. The summed E-state index contributed by atoms with van der Waals surface area (Å²) in [7, 11) is 0. The molecule has 0 unspecified atom stereocenters. The van der Waals surface area contributed by atoms with Crippen LogP contribution in [-0.2, 0) is 25.6 Å². The highest BCUT2D eigenvalue weighted by atomic mass is 16.6. The van der Waals surface area contributed by atoms with Crippen LogP contribution in [0, 0.1) is 13.8 Å². The summed E-state index contributed by atoms with van der Waals surface area (Å²) >= 11 is 0. The third-order valence-corrected chi connectivity index (χ3v) is 5.13. The molecule has 8 nitrogen and oxygen atoms in total. The molecule has 0 aliphatic rings. The van der Waals surface area contributed by atoms with E-state index in [1.54, 1.807) is 48.5 Å². The third kappa shape index (κ3) is 7.01. The van der Waals surface area contributed by atoms with Crippen LogP contribution in [0.25, 0.3) is 0 Å². The van der Waals surface area contributed by atoms with Gasteiger partial charge in [-0.1, -0.05) is 65.7 Å². The van der Waals surface area contributed by atoms with Crippen molar-refractivity contribution in [1.29, 1.82) is 0 Å². The van der Waals surface area contributed by atoms with Gasteiger partial charge < -0.3 is 19.9 Å². The smallest absolute Gasteiger partial charge is 0.349 e. The second-order valence-electron chi connectivity index (χ2n) is 7.93. The summed E-state index contributed by atoms with van der Waals surface area (Å²) in [6, 6.07) is 21.5. The Morgan fingerprint density at radius 2 is 1.17 bits per heavy atom. The molecule has 8 heteroatoms. The summed E-state index contributed by atoms with van der Waals surface area (Å²) in [4.78, 5) is 50.4. The Morgan fingerprint density at radius 3 is 1.63 bits per heavy atom. The van der Waals surface area contributed by atoms with Gasteiger partial charge in [0.25, 0.3) is 5.91 Å². The number of aliphatic carboxylic acids is 1. The van der Waals surface area contributed by atoms with Crippen molar-refractivity contribution in [2.45, 2.75) is 32.6 Å². The van der Waals surface area contributed by atoms with Crippen LogP contribution in [-0.4, -0.2) is 41.1 Å². The Bertz CT molecular complexity index is 1190. The predicted molar refractivity (Wildman–Crippen MR) is 127 cm³/mol. The number of esters is 2. The number of aryl methyl sites for hydroxylation is 2. The number of ether oxygens (including phenoxy) is 2. The highest BCUT2D eigenvalue weighted by Gasteiger charge is 2.40. The number of hydrogen-bond acceptors (Lipinski definition) is 6. The number of carbonyl (C=O) groups is 4. The average Bonchev–Trinajstić information content (AvgIpc) is 2.85. The summed E-state index contributed by atoms with van der Waals surface area (Å²) in [6.07, 6.45) is -4.01. The Balaban J connectivity index is 1.85. The van der Waals surface area contributed by atoms with Gasteiger partial charge in [0.05, 0.1) is 11.1 Å². The summed E-state index contributed by atoms with van der Waals surface area (Å²) in [5.74, 6) is -4.45. The van der Waals surface area contributed by atoms with Gasteiger partial charge >= 0.3 is 17.9 Å². The van der Waals surface area contributed by atoms with E-state index in [2.05, 4.69) is 5.32 Å². The van der Waals surface area contributed by atoms with Crippen LogP contribution in [0.5, 0.6) is 0 Å². The minimum atomic E-state index is -2.08. The number of carboxylic acid groups (broad SMARTS) is 1. The van der Waals surface area contributed by atoms with E-state index in [-0.39, 0.29) is 17.7 Å². The third-order valence-electron chi connectivity index (χ3n) is 5.13. The SMILES string of the molecule is Cc1ccc(C(=O)O[C@H](C(=O)O)[C@@H](OC(=O)c2ccc(C)cc2)C(=O)NCc2ccccc2)cc1. The number of hydrogen-bond donors (Lipinski definition) is 2. The molecular formula is C27H25NO7. The van der Waals surface area contributed by atoms with Gasteiger partial charge in [-0.3, -0.25) is 4.79 Å². The fraction of sp³-hybridized carbons (Fsp3) is 0.185. The van der Waals surface area contributed by atoms with Crippen molar-refractivity contribution >= 4 is 23.8 Å². The Morgan fingerprint density at radius 1 is 0.714 bits per heavy atom. The van der Waals surface area contributed by atoms with Crippen molar-refractivity contribution in [3.8, 4) is 0 Å². The molecule has 0 bridgehead atoms. The number of benzene rings is 3. The quantitative estimate of drug-likeness (QED) is 0.455. The number of carbonyl (C=O) groups excluding carboxylic acids is 3. The first kappa shape index (κ1) is 25.2. The summed E-state index contributed by atoms with van der Waals surface area (Å²) in [5.41, 5.74) is 2.74. The summed E-state index contributed by atoms with van der Waals surface area (Å²) in [6.45, 7) is 3.71. The molecule has 2 N–H and O–H groups in total. The van der Waals surface area contributed by atoms with Crippen LogP contribution < -0.4 is 5.32 Å². The first-order chi connectivity index (χ1) is 16.7. The van der Waals surface area contributed by atoms with Crippen LogP contribution in [0.3, 0.4) is 0 Å². The van der Waals surface area contributed by atoms with Gasteiger partial charge in [-0.15, -0.1) is 0 Å². The van der Waals surface area contributed by atoms with E-state index in [4.69, 9.17) is 9.47 Å². The zero-order chi connectivity index (χ0) is 25.4. The lowest BCUT2D eigenvalue weighted by Gasteiger charge is -2.23. The van der Waals surface area contributed by atoms with Crippen molar-refractivity contribution in [3.63, 3.8) is 0 Å². The molecule has 3 rings (SSSR count). The molecule has 35 heavy (non-hydrogen) atoms. The van der Waals surface area contributed by atoms with Crippen molar-refractivity contribution < 1.29 is 33.8 Å². The van der Waals surface area contributed by atoms with Crippen molar-refractivity contribution in [2.24, 2.45) is 0 Å². The number of rotatable bonds is 9. The van der Waals surface area contributed by atoms with Crippen LogP contribution in [0.15, 0.2) is 78.9 Å². The molecule has 0 aromatic heterocycles. The molecule has 2 atom stereocenters. The van der Waals surface area contributed by atoms with E-state index < -0.39 is 36.0 Å². The van der Waals surface area contributed by atoms with E-state index in [1.165, 1.54) is 24.3 Å². The molecule has 0 radical (unpaired) electrons. The van der Waals surface area contributed by atoms with E-state index in [9.17, 15) is 24.3 Å². The predicted octanol–water partition coefficient (Wildman–Crippen LogP) is 3.46. The highest BCUT2D eigenvalue weighted by Crippen LogP contribution is 2.15. The lowest BCUT2D eigenvalue weighted by atomic mass is 10.1. The topological polar surface area (TPSA) is 119 Å². The molecule has 1 amide bonds. The van der Waals surface area contributed by atoms with Crippen LogP contribution in [0.1, 0.15) is 37.4 Å². The monoisotopic (exact) mass is 475 g/mol. The number of carboxylic acids is 1. The lowest BCUT2D eigenvalue weighted by molar-refractivity contribution is -0.159. The minimum Gasteiger partial charge on any atom is -0.478 e. The van der Waals surface area contributed by atoms with E-state index in [1.807, 2.05) is 19.9 Å². The van der Waals surface area contributed by atoms with Gasteiger partial charge in [0.15, 0.2) is 0 Å². The maximum absolute atomic E-state index is 13.0. The number of nitrogens with one attached hydrogen (secondary N) is 1. The minimum absolute atomic E-state index is 0.0521. The van der Waals surface area contributed by atoms with Crippen molar-refractivity contribution in [3.05, 3.63) is 107 Å². The Hall–Kier alpha value is -4.46. The normalized spacial score (nSPS) is 12.2. The molecule has 3 aromatic carbocycles. The molecular weight excluding hydrogens is 450 g/mol. The fourth-order valence-corrected chi connectivity index (χ4v) is 3.13. The second kappa shape index (κ2) is 11.6. The highest BCUT2D eigenvalue weighted by molar-refractivity contribution is 5.96. The molecule has 180 valence electrons.